The van der Waals surface area contributed by atoms with Gasteiger partial charge >= 0.3 is 5.97 Å². The van der Waals surface area contributed by atoms with E-state index in [1.165, 1.54) is 11.1 Å². The highest BCUT2D eigenvalue weighted by molar-refractivity contribution is 5.80. The molecule has 4 nitrogen and oxygen atoms in total. The van der Waals surface area contributed by atoms with E-state index in [0.717, 1.165) is 24.2 Å². The summed E-state index contributed by atoms with van der Waals surface area (Å²) in [4.78, 5) is 12.2. The third-order valence-electron chi connectivity index (χ3n) is 4.43. The van der Waals surface area contributed by atoms with Gasteiger partial charge in [0.05, 0.1) is 6.61 Å². The zero-order valence-corrected chi connectivity index (χ0v) is 16.0. The van der Waals surface area contributed by atoms with E-state index < -0.39 is 11.5 Å². The Labute approximate surface area is 156 Å². The minimum absolute atomic E-state index is 0.108. The molecule has 0 fully saturated rings. The van der Waals surface area contributed by atoms with E-state index in [1.807, 2.05) is 37.3 Å². The molecule has 1 unspecified atom stereocenters. The van der Waals surface area contributed by atoms with Crippen LogP contribution < -0.4 is 10.5 Å². The molecule has 0 saturated carbocycles. The first kappa shape index (κ1) is 20.0. The molecule has 0 aliphatic carbocycles. The average molecular weight is 355 g/mol. The molecule has 1 atom stereocenters. The van der Waals surface area contributed by atoms with Crippen LogP contribution in [0.15, 0.2) is 48.5 Å². The van der Waals surface area contributed by atoms with Gasteiger partial charge < -0.3 is 15.2 Å². The molecule has 0 bridgehead atoms. The second-order valence-electron chi connectivity index (χ2n) is 6.67. The maximum Gasteiger partial charge on any atom is 0.329 e. The summed E-state index contributed by atoms with van der Waals surface area (Å²) in [6, 6.07) is 16.4. The number of nitrogens with two attached hydrogens (primary N) is 1. The normalized spacial score (nSPS) is 13.1. The van der Waals surface area contributed by atoms with Crippen molar-refractivity contribution < 1.29 is 14.3 Å². The molecule has 2 aromatic rings. The zero-order chi connectivity index (χ0) is 19.0. The predicted molar refractivity (Wildman–Crippen MR) is 104 cm³/mol. The van der Waals surface area contributed by atoms with Gasteiger partial charge in [0.15, 0.2) is 0 Å². The SMILES string of the molecule is CCCC(N)(COc1ccc(Cc2ccccc2)c(C)c1)C(=O)OCC. The summed E-state index contributed by atoms with van der Waals surface area (Å²) < 4.78 is 11.0. The molecule has 0 aliphatic rings. The van der Waals surface area contributed by atoms with E-state index in [2.05, 4.69) is 25.1 Å². The highest BCUT2D eigenvalue weighted by Gasteiger charge is 2.35. The van der Waals surface area contributed by atoms with E-state index in [-0.39, 0.29) is 6.61 Å². The molecular weight excluding hydrogens is 326 g/mol. The molecular formula is C22H29NO3. The molecule has 0 radical (unpaired) electrons. The predicted octanol–water partition coefficient (Wildman–Crippen LogP) is 4.03. The third-order valence-corrected chi connectivity index (χ3v) is 4.43. The van der Waals surface area contributed by atoms with E-state index >= 15 is 0 Å². The molecule has 0 amide bonds. The van der Waals surface area contributed by atoms with Crippen molar-refractivity contribution >= 4 is 5.97 Å². The lowest BCUT2D eigenvalue weighted by molar-refractivity contribution is -0.151. The van der Waals surface area contributed by atoms with E-state index in [4.69, 9.17) is 15.2 Å². The fraction of sp³-hybridized carbons (Fsp3) is 0.409. The summed E-state index contributed by atoms with van der Waals surface area (Å²) in [5, 5.41) is 0. The second kappa shape index (κ2) is 9.39. The van der Waals surface area contributed by atoms with Gasteiger partial charge in [0.1, 0.15) is 17.9 Å². The maximum atomic E-state index is 12.2. The molecule has 2 aromatic carbocycles. The Morgan fingerprint density at radius 3 is 2.46 bits per heavy atom. The topological polar surface area (TPSA) is 61.5 Å². The Morgan fingerprint density at radius 2 is 1.85 bits per heavy atom. The van der Waals surface area contributed by atoms with Crippen LogP contribution in [0, 0.1) is 6.92 Å². The number of ether oxygens (including phenoxy) is 2. The lowest BCUT2D eigenvalue weighted by Crippen LogP contribution is -2.53. The molecule has 0 spiro atoms. The van der Waals surface area contributed by atoms with Gasteiger partial charge in [-0.25, -0.2) is 4.79 Å². The van der Waals surface area contributed by atoms with Gasteiger partial charge in [-0.2, -0.15) is 0 Å². The van der Waals surface area contributed by atoms with Gasteiger partial charge in [-0.1, -0.05) is 49.7 Å². The average Bonchev–Trinajstić information content (AvgIpc) is 2.63. The van der Waals surface area contributed by atoms with Crippen LogP contribution in [0.1, 0.15) is 43.4 Å². The number of esters is 1. The number of hydrogen-bond acceptors (Lipinski definition) is 4. The third kappa shape index (κ3) is 5.33. The van der Waals surface area contributed by atoms with Crippen molar-refractivity contribution in [2.24, 2.45) is 5.73 Å². The summed E-state index contributed by atoms with van der Waals surface area (Å²) in [5.74, 6) is 0.314. The Balaban J connectivity index is 2.05. The first-order chi connectivity index (χ1) is 12.5. The zero-order valence-electron chi connectivity index (χ0n) is 16.0. The highest BCUT2D eigenvalue weighted by Crippen LogP contribution is 2.22. The van der Waals surface area contributed by atoms with Crippen LogP contribution in [0.5, 0.6) is 5.75 Å². The molecule has 26 heavy (non-hydrogen) atoms. The van der Waals surface area contributed by atoms with Crippen LogP contribution in [0.3, 0.4) is 0 Å². The van der Waals surface area contributed by atoms with Crippen LogP contribution in [0.4, 0.5) is 0 Å². The van der Waals surface area contributed by atoms with Crippen molar-refractivity contribution in [2.45, 2.75) is 45.6 Å². The molecule has 2 rings (SSSR count). The molecule has 2 N–H and O–H groups in total. The first-order valence-corrected chi connectivity index (χ1v) is 9.21. The summed E-state index contributed by atoms with van der Waals surface area (Å²) in [6.07, 6.45) is 2.19. The monoisotopic (exact) mass is 355 g/mol. The first-order valence-electron chi connectivity index (χ1n) is 9.21. The van der Waals surface area contributed by atoms with Crippen LogP contribution in [0.25, 0.3) is 0 Å². The fourth-order valence-corrected chi connectivity index (χ4v) is 2.94. The fourth-order valence-electron chi connectivity index (χ4n) is 2.94. The van der Waals surface area contributed by atoms with E-state index in [9.17, 15) is 4.79 Å². The van der Waals surface area contributed by atoms with Crippen molar-refractivity contribution in [3.05, 3.63) is 65.2 Å². The molecule has 0 aliphatic heterocycles. The van der Waals surface area contributed by atoms with Crippen molar-refractivity contribution in [1.29, 1.82) is 0 Å². The van der Waals surface area contributed by atoms with Crippen LogP contribution in [-0.4, -0.2) is 24.7 Å². The molecule has 0 saturated heterocycles. The smallest absolute Gasteiger partial charge is 0.329 e. The van der Waals surface area contributed by atoms with Crippen LogP contribution in [0.2, 0.25) is 0 Å². The molecule has 0 heterocycles. The minimum Gasteiger partial charge on any atom is -0.491 e. The van der Waals surface area contributed by atoms with Crippen molar-refractivity contribution in [1.82, 2.24) is 0 Å². The number of benzene rings is 2. The quantitative estimate of drug-likeness (QED) is 0.690. The standard InChI is InChI=1S/C22H29NO3/c1-4-13-22(23,21(24)25-5-2)16-26-20-12-11-19(17(3)14-20)15-18-9-7-6-8-10-18/h6-12,14H,4-5,13,15-16,23H2,1-3H3. The number of carbonyl (C=O) groups excluding carboxylic acids is 1. The second-order valence-corrected chi connectivity index (χ2v) is 6.67. The van der Waals surface area contributed by atoms with Crippen molar-refractivity contribution in [2.75, 3.05) is 13.2 Å². The number of carbonyl (C=O) groups is 1. The summed E-state index contributed by atoms with van der Waals surface area (Å²) in [5.41, 5.74) is 8.83. The van der Waals surface area contributed by atoms with Gasteiger partial charge in [0.2, 0.25) is 0 Å². The summed E-state index contributed by atoms with van der Waals surface area (Å²) in [7, 11) is 0. The van der Waals surface area contributed by atoms with Gasteiger partial charge in [-0.3, -0.25) is 0 Å². The van der Waals surface area contributed by atoms with Gasteiger partial charge in [0.25, 0.3) is 0 Å². The van der Waals surface area contributed by atoms with Crippen LogP contribution >= 0.6 is 0 Å². The van der Waals surface area contributed by atoms with Crippen LogP contribution in [-0.2, 0) is 16.0 Å². The maximum absolute atomic E-state index is 12.2. The number of hydrogen-bond donors (Lipinski definition) is 1. The molecule has 4 heteroatoms. The lowest BCUT2D eigenvalue weighted by atomic mass is 9.96. The minimum atomic E-state index is -1.11. The van der Waals surface area contributed by atoms with Gasteiger partial charge in [0, 0.05) is 0 Å². The Morgan fingerprint density at radius 1 is 1.12 bits per heavy atom. The number of aryl methyl sites for hydroxylation is 1. The molecule has 140 valence electrons. The Kier molecular flexibility index (Phi) is 7.22. The Hall–Kier alpha value is -2.33. The number of rotatable bonds is 9. The van der Waals surface area contributed by atoms with Crippen molar-refractivity contribution in [3.8, 4) is 5.75 Å². The van der Waals surface area contributed by atoms with E-state index in [1.54, 1.807) is 6.92 Å². The summed E-state index contributed by atoms with van der Waals surface area (Å²) in [6.45, 7) is 6.26. The molecule has 0 aromatic heterocycles. The largest absolute Gasteiger partial charge is 0.491 e. The van der Waals surface area contributed by atoms with Gasteiger partial charge in [-0.15, -0.1) is 0 Å². The van der Waals surface area contributed by atoms with E-state index in [0.29, 0.717) is 13.0 Å². The van der Waals surface area contributed by atoms with Crippen molar-refractivity contribution in [3.63, 3.8) is 0 Å². The summed E-state index contributed by atoms with van der Waals surface area (Å²) >= 11 is 0. The lowest BCUT2D eigenvalue weighted by Gasteiger charge is -2.26. The Bertz CT molecular complexity index is 715. The van der Waals surface area contributed by atoms with Gasteiger partial charge in [-0.05, 0) is 55.5 Å². The highest BCUT2D eigenvalue weighted by atomic mass is 16.5.